The van der Waals surface area contributed by atoms with Crippen LogP contribution in [0.1, 0.15) is 25.3 Å². The topological polar surface area (TPSA) is 45.1 Å². The molecular weight excluding hydrogens is 334 g/mol. The largest absolute Gasteiger partial charge is 0.493 e. The number of benzene rings is 1. The van der Waals surface area contributed by atoms with Crippen molar-refractivity contribution >= 4 is 28.9 Å². The van der Waals surface area contributed by atoms with Crippen molar-refractivity contribution in [1.29, 1.82) is 0 Å². The third-order valence-electron chi connectivity index (χ3n) is 4.34. The highest BCUT2D eigenvalue weighted by molar-refractivity contribution is 8.18. The van der Waals surface area contributed by atoms with Gasteiger partial charge in [0, 0.05) is 31.7 Å². The highest BCUT2D eigenvalue weighted by Crippen LogP contribution is 2.32. The molecule has 134 valence electrons. The van der Waals surface area contributed by atoms with Crippen LogP contribution < -0.4 is 4.74 Å². The Balaban J connectivity index is 1.70. The molecule has 1 fully saturated rings. The lowest BCUT2D eigenvalue weighted by molar-refractivity contribution is -0.113. The van der Waals surface area contributed by atoms with Crippen LogP contribution in [0, 0.1) is 0 Å². The highest BCUT2D eigenvalue weighted by Gasteiger charge is 2.28. The number of likely N-dealkylation sites (N-methyl/N-ethyl adjacent to an activating group) is 1. The summed E-state index contributed by atoms with van der Waals surface area (Å²) in [5.41, 5.74) is 0.935. The van der Waals surface area contributed by atoms with E-state index in [1.165, 1.54) is 11.8 Å². The number of aliphatic imine (C=N–C) groups is 1. The summed E-state index contributed by atoms with van der Waals surface area (Å²) < 4.78 is 5.86. The molecule has 0 N–H and O–H groups in total. The average molecular weight is 359 g/mol. The number of nitrogens with zero attached hydrogens (tertiary/aromatic N) is 3. The van der Waals surface area contributed by atoms with Crippen molar-refractivity contribution in [1.82, 2.24) is 9.80 Å². The molecule has 0 radical (unpaired) electrons. The van der Waals surface area contributed by atoms with Gasteiger partial charge in [-0.15, -0.1) is 0 Å². The molecule has 2 aliphatic rings. The van der Waals surface area contributed by atoms with Crippen LogP contribution >= 0.6 is 11.8 Å². The number of amidine groups is 1. The number of ether oxygens (including phenoxy) is 1. The summed E-state index contributed by atoms with van der Waals surface area (Å²) in [6.45, 7) is 6.67. The zero-order chi connectivity index (χ0) is 17.6. The van der Waals surface area contributed by atoms with Gasteiger partial charge in [0.1, 0.15) is 5.75 Å². The Morgan fingerprint density at radius 1 is 1.24 bits per heavy atom. The Labute approximate surface area is 153 Å². The maximum Gasteiger partial charge on any atom is 0.286 e. The van der Waals surface area contributed by atoms with Gasteiger partial charge in [-0.2, -0.15) is 4.99 Å². The normalized spacial score (nSPS) is 20.2. The van der Waals surface area contributed by atoms with E-state index in [4.69, 9.17) is 4.74 Å². The van der Waals surface area contributed by atoms with Crippen LogP contribution in [-0.4, -0.2) is 60.7 Å². The number of rotatable bonds is 5. The Kier molecular flexibility index (Phi) is 6.15. The zero-order valence-corrected chi connectivity index (χ0v) is 15.7. The van der Waals surface area contributed by atoms with Gasteiger partial charge in [0.25, 0.3) is 5.91 Å². The van der Waals surface area contributed by atoms with Gasteiger partial charge in [-0.05, 0) is 37.4 Å². The van der Waals surface area contributed by atoms with Crippen LogP contribution in [0.25, 0.3) is 6.08 Å². The van der Waals surface area contributed by atoms with Crippen LogP contribution in [0.15, 0.2) is 34.2 Å². The van der Waals surface area contributed by atoms with Gasteiger partial charge >= 0.3 is 0 Å². The molecule has 3 rings (SSSR count). The molecule has 1 amide bonds. The number of hydrogen-bond donors (Lipinski definition) is 0. The maximum atomic E-state index is 12.3. The van der Waals surface area contributed by atoms with E-state index in [-0.39, 0.29) is 5.91 Å². The van der Waals surface area contributed by atoms with Gasteiger partial charge in [-0.3, -0.25) is 4.79 Å². The van der Waals surface area contributed by atoms with E-state index in [9.17, 15) is 4.79 Å². The maximum absolute atomic E-state index is 12.3. The Morgan fingerprint density at radius 3 is 2.76 bits per heavy atom. The molecule has 1 saturated heterocycles. The van der Waals surface area contributed by atoms with E-state index in [0.717, 1.165) is 55.5 Å². The Bertz CT molecular complexity index is 679. The monoisotopic (exact) mass is 359 g/mol. The predicted octanol–water partition coefficient (Wildman–Crippen LogP) is 3.08. The second-order valence-electron chi connectivity index (χ2n) is 6.34. The minimum Gasteiger partial charge on any atom is -0.493 e. The second-order valence-corrected chi connectivity index (χ2v) is 7.35. The van der Waals surface area contributed by atoms with E-state index in [2.05, 4.69) is 28.8 Å². The first kappa shape index (κ1) is 18.0. The molecule has 0 unspecified atom stereocenters. The van der Waals surface area contributed by atoms with E-state index < -0.39 is 0 Å². The molecule has 0 saturated carbocycles. The summed E-state index contributed by atoms with van der Waals surface area (Å²) in [7, 11) is 2.12. The molecule has 0 bridgehead atoms. The number of unbranched alkanes of at least 4 members (excludes halogenated alkanes) is 1. The summed E-state index contributed by atoms with van der Waals surface area (Å²) in [6, 6.07) is 7.86. The Hall–Kier alpha value is -1.79. The first-order valence-corrected chi connectivity index (χ1v) is 9.67. The molecule has 0 aromatic heterocycles. The fourth-order valence-corrected chi connectivity index (χ4v) is 3.69. The lowest BCUT2D eigenvalue weighted by Crippen LogP contribution is -2.46. The van der Waals surface area contributed by atoms with Crippen LogP contribution in [0.2, 0.25) is 0 Å². The molecule has 6 heteroatoms. The minimum atomic E-state index is -0.151. The van der Waals surface area contributed by atoms with Gasteiger partial charge in [-0.1, -0.05) is 31.5 Å². The van der Waals surface area contributed by atoms with Gasteiger partial charge in [0.05, 0.1) is 11.5 Å². The van der Waals surface area contributed by atoms with E-state index in [0.29, 0.717) is 11.5 Å². The number of para-hydroxylation sites is 1. The van der Waals surface area contributed by atoms with Crippen molar-refractivity contribution < 1.29 is 9.53 Å². The second kappa shape index (κ2) is 8.54. The molecule has 1 aromatic carbocycles. The van der Waals surface area contributed by atoms with Crippen LogP contribution in [-0.2, 0) is 4.79 Å². The third-order valence-corrected chi connectivity index (χ3v) is 5.39. The SMILES string of the molecule is CCCCOc1ccccc1/C=C1\SC(N2CCN(C)CC2)=NC1=O. The van der Waals surface area contributed by atoms with Crippen molar-refractivity contribution in [2.45, 2.75) is 19.8 Å². The molecule has 0 atom stereocenters. The summed E-state index contributed by atoms with van der Waals surface area (Å²) >= 11 is 1.47. The van der Waals surface area contributed by atoms with Crippen molar-refractivity contribution in [3.63, 3.8) is 0 Å². The average Bonchev–Trinajstić information content (AvgIpc) is 2.98. The molecule has 5 nitrogen and oxygen atoms in total. The summed E-state index contributed by atoms with van der Waals surface area (Å²) in [5, 5.41) is 0.828. The van der Waals surface area contributed by atoms with Crippen molar-refractivity contribution in [3.05, 3.63) is 34.7 Å². The lowest BCUT2D eigenvalue weighted by Gasteiger charge is -2.32. The first-order chi connectivity index (χ1) is 12.2. The number of amides is 1. The number of hydrogen-bond acceptors (Lipinski definition) is 5. The van der Waals surface area contributed by atoms with Crippen molar-refractivity contribution in [3.8, 4) is 5.75 Å². The molecule has 2 heterocycles. The standard InChI is InChI=1S/C19H25N3O2S/c1-3-4-13-24-16-8-6-5-7-15(16)14-17-18(23)20-19(25-17)22-11-9-21(2)10-12-22/h5-8,14H,3-4,9-13H2,1-2H3/b17-14-. The fraction of sp³-hybridized carbons (Fsp3) is 0.474. The van der Waals surface area contributed by atoms with Crippen molar-refractivity contribution in [2.24, 2.45) is 4.99 Å². The van der Waals surface area contributed by atoms with Crippen LogP contribution in [0.5, 0.6) is 5.75 Å². The smallest absolute Gasteiger partial charge is 0.286 e. The van der Waals surface area contributed by atoms with Crippen LogP contribution in [0.4, 0.5) is 0 Å². The number of piperazine rings is 1. The molecular formula is C19H25N3O2S. The number of carbonyl (C=O) groups is 1. The predicted molar refractivity (Wildman–Crippen MR) is 104 cm³/mol. The minimum absolute atomic E-state index is 0.151. The van der Waals surface area contributed by atoms with Crippen molar-refractivity contribution in [2.75, 3.05) is 39.8 Å². The summed E-state index contributed by atoms with van der Waals surface area (Å²) in [5.74, 6) is 0.673. The summed E-state index contributed by atoms with van der Waals surface area (Å²) in [6.07, 6.45) is 4.02. The summed E-state index contributed by atoms with van der Waals surface area (Å²) in [4.78, 5) is 21.7. The fourth-order valence-electron chi connectivity index (χ4n) is 2.73. The highest BCUT2D eigenvalue weighted by atomic mass is 32.2. The van der Waals surface area contributed by atoms with E-state index in [1.54, 1.807) is 0 Å². The van der Waals surface area contributed by atoms with Gasteiger partial charge in [0.2, 0.25) is 0 Å². The van der Waals surface area contributed by atoms with E-state index in [1.807, 2.05) is 30.3 Å². The van der Waals surface area contributed by atoms with Crippen LogP contribution in [0.3, 0.4) is 0 Å². The molecule has 1 aromatic rings. The Morgan fingerprint density at radius 2 is 2.00 bits per heavy atom. The molecule has 2 aliphatic heterocycles. The molecule has 0 aliphatic carbocycles. The molecule has 25 heavy (non-hydrogen) atoms. The number of thioether (sulfide) groups is 1. The number of carbonyl (C=O) groups excluding carboxylic acids is 1. The molecule has 0 spiro atoms. The quantitative estimate of drug-likeness (QED) is 0.597. The van der Waals surface area contributed by atoms with E-state index >= 15 is 0 Å². The van der Waals surface area contributed by atoms with Gasteiger partial charge in [0.15, 0.2) is 5.17 Å². The third kappa shape index (κ3) is 4.64. The van der Waals surface area contributed by atoms with Gasteiger partial charge < -0.3 is 14.5 Å². The zero-order valence-electron chi connectivity index (χ0n) is 14.9. The first-order valence-electron chi connectivity index (χ1n) is 8.85. The lowest BCUT2D eigenvalue weighted by atomic mass is 10.2. The van der Waals surface area contributed by atoms with Gasteiger partial charge in [-0.25, -0.2) is 0 Å².